The standard InChI is InChI=1S/C10H10BrClN2O3/c1-17-10(16)7(12)5-14-9(15)8-3-2-6(11)4-13-8/h2-4,7H,5H2,1H3,(H,14,15). The highest BCUT2D eigenvalue weighted by atomic mass is 79.9. The largest absolute Gasteiger partial charge is 0.468 e. The summed E-state index contributed by atoms with van der Waals surface area (Å²) < 4.78 is 5.20. The van der Waals surface area contributed by atoms with E-state index in [9.17, 15) is 9.59 Å². The molecule has 1 N–H and O–H groups in total. The van der Waals surface area contributed by atoms with Crippen molar-refractivity contribution in [1.82, 2.24) is 10.3 Å². The maximum absolute atomic E-state index is 11.6. The summed E-state index contributed by atoms with van der Waals surface area (Å²) in [5.74, 6) is -0.984. The summed E-state index contributed by atoms with van der Waals surface area (Å²) in [6.07, 6.45) is 1.51. The number of pyridine rings is 1. The number of hydrogen-bond acceptors (Lipinski definition) is 4. The number of nitrogens with zero attached hydrogens (tertiary/aromatic N) is 1. The third-order valence-corrected chi connectivity index (χ3v) is 2.66. The Labute approximate surface area is 112 Å². The lowest BCUT2D eigenvalue weighted by Gasteiger charge is -2.08. The number of ether oxygens (including phenoxy) is 1. The van der Waals surface area contributed by atoms with Crippen molar-refractivity contribution in [3.8, 4) is 0 Å². The smallest absolute Gasteiger partial charge is 0.325 e. The second-order valence-electron chi connectivity index (χ2n) is 3.06. The van der Waals surface area contributed by atoms with Crippen LogP contribution in [0.4, 0.5) is 0 Å². The van der Waals surface area contributed by atoms with Crippen LogP contribution >= 0.6 is 27.5 Å². The van der Waals surface area contributed by atoms with Crippen molar-refractivity contribution in [3.63, 3.8) is 0 Å². The fourth-order valence-corrected chi connectivity index (χ4v) is 1.39. The normalized spacial score (nSPS) is 11.7. The number of carbonyl (C=O) groups excluding carboxylic acids is 2. The number of aromatic nitrogens is 1. The van der Waals surface area contributed by atoms with Gasteiger partial charge in [-0.25, -0.2) is 4.98 Å². The molecule has 0 aliphatic carbocycles. The fourth-order valence-electron chi connectivity index (χ4n) is 0.994. The van der Waals surface area contributed by atoms with Gasteiger partial charge in [0.25, 0.3) is 5.91 Å². The summed E-state index contributed by atoms with van der Waals surface area (Å²) >= 11 is 8.88. The van der Waals surface area contributed by atoms with E-state index in [1.54, 1.807) is 12.1 Å². The van der Waals surface area contributed by atoms with Crippen molar-refractivity contribution in [2.45, 2.75) is 5.38 Å². The van der Waals surface area contributed by atoms with Crippen LogP contribution in [0.25, 0.3) is 0 Å². The van der Waals surface area contributed by atoms with Gasteiger partial charge in [-0.1, -0.05) is 0 Å². The summed E-state index contributed by atoms with van der Waals surface area (Å²) in [7, 11) is 1.23. The van der Waals surface area contributed by atoms with Gasteiger partial charge in [0, 0.05) is 17.2 Å². The lowest BCUT2D eigenvalue weighted by Crippen LogP contribution is -2.34. The van der Waals surface area contributed by atoms with Crippen molar-refractivity contribution in [1.29, 1.82) is 0 Å². The van der Waals surface area contributed by atoms with E-state index in [1.807, 2.05) is 0 Å². The number of methoxy groups -OCH3 is 1. The number of nitrogens with one attached hydrogen (secondary N) is 1. The van der Waals surface area contributed by atoms with Gasteiger partial charge >= 0.3 is 5.97 Å². The van der Waals surface area contributed by atoms with Gasteiger partial charge in [-0.2, -0.15) is 0 Å². The van der Waals surface area contributed by atoms with E-state index in [-0.39, 0.29) is 12.2 Å². The van der Waals surface area contributed by atoms with Crippen LogP contribution in [0, 0.1) is 0 Å². The number of amides is 1. The fraction of sp³-hybridized carbons (Fsp3) is 0.300. The molecule has 0 saturated heterocycles. The minimum Gasteiger partial charge on any atom is -0.468 e. The zero-order valence-electron chi connectivity index (χ0n) is 8.94. The molecule has 0 spiro atoms. The van der Waals surface area contributed by atoms with Crippen LogP contribution in [0.2, 0.25) is 0 Å². The first kappa shape index (κ1) is 13.9. The monoisotopic (exact) mass is 320 g/mol. The highest BCUT2D eigenvalue weighted by Crippen LogP contribution is 2.07. The molecule has 1 aromatic rings. The van der Waals surface area contributed by atoms with Crippen LogP contribution in [0.1, 0.15) is 10.5 Å². The molecule has 0 radical (unpaired) electrons. The van der Waals surface area contributed by atoms with E-state index < -0.39 is 17.3 Å². The Kier molecular flexibility index (Phi) is 5.37. The average Bonchev–Trinajstić information content (AvgIpc) is 2.35. The maximum Gasteiger partial charge on any atom is 0.325 e. The van der Waals surface area contributed by atoms with E-state index in [1.165, 1.54) is 13.3 Å². The molecular weight excluding hydrogens is 311 g/mol. The van der Waals surface area contributed by atoms with Gasteiger partial charge in [0.05, 0.1) is 7.11 Å². The average molecular weight is 322 g/mol. The first-order valence-corrected chi connectivity index (χ1v) is 5.89. The topological polar surface area (TPSA) is 68.3 Å². The Morgan fingerprint density at radius 2 is 2.29 bits per heavy atom. The Balaban J connectivity index is 2.50. The van der Waals surface area contributed by atoms with Gasteiger partial charge in [-0.15, -0.1) is 11.6 Å². The SMILES string of the molecule is COC(=O)C(Cl)CNC(=O)c1ccc(Br)cn1. The summed E-state index contributed by atoms with van der Waals surface area (Å²) in [6.45, 7) is -0.00912. The van der Waals surface area contributed by atoms with Crippen LogP contribution in [-0.4, -0.2) is 35.9 Å². The first-order chi connectivity index (χ1) is 8.04. The molecule has 1 unspecified atom stereocenters. The summed E-state index contributed by atoms with van der Waals surface area (Å²) in [6, 6.07) is 3.25. The van der Waals surface area contributed by atoms with Gasteiger partial charge in [0.2, 0.25) is 0 Å². The first-order valence-electron chi connectivity index (χ1n) is 4.66. The lowest BCUT2D eigenvalue weighted by atomic mass is 10.3. The third-order valence-electron chi connectivity index (χ3n) is 1.86. The van der Waals surface area contributed by atoms with Crippen LogP contribution in [0.5, 0.6) is 0 Å². The molecule has 1 aromatic heterocycles. The summed E-state index contributed by atoms with van der Waals surface area (Å²) in [4.78, 5) is 26.5. The summed E-state index contributed by atoms with van der Waals surface area (Å²) in [5.41, 5.74) is 0.252. The number of rotatable bonds is 4. The van der Waals surface area contributed by atoms with E-state index in [4.69, 9.17) is 11.6 Å². The van der Waals surface area contributed by atoms with Crippen molar-refractivity contribution in [2.75, 3.05) is 13.7 Å². The van der Waals surface area contributed by atoms with Crippen LogP contribution in [0.3, 0.4) is 0 Å². The van der Waals surface area contributed by atoms with Crippen LogP contribution in [0.15, 0.2) is 22.8 Å². The molecule has 0 aromatic carbocycles. The van der Waals surface area contributed by atoms with E-state index in [0.717, 1.165) is 4.47 Å². The Hall–Kier alpha value is -1.14. The molecule has 1 amide bonds. The molecule has 0 saturated carbocycles. The highest BCUT2D eigenvalue weighted by Gasteiger charge is 2.17. The highest BCUT2D eigenvalue weighted by molar-refractivity contribution is 9.10. The van der Waals surface area contributed by atoms with Gasteiger partial charge < -0.3 is 10.1 Å². The molecule has 1 rings (SSSR count). The van der Waals surface area contributed by atoms with Crippen molar-refractivity contribution in [2.24, 2.45) is 0 Å². The van der Waals surface area contributed by atoms with Crippen molar-refractivity contribution >= 4 is 39.4 Å². The van der Waals surface area contributed by atoms with Crippen LogP contribution in [-0.2, 0) is 9.53 Å². The second kappa shape index (κ2) is 6.56. The molecule has 17 heavy (non-hydrogen) atoms. The minimum absolute atomic E-state index is 0.00912. The van der Waals surface area contributed by atoms with Crippen molar-refractivity contribution < 1.29 is 14.3 Å². The van der Waals surface area contributed by atoms with Gasteiger partial charge in [-0.05, 0) is 28.1 Å². The predicted octanol–water partition coefficient (Wildman–Crippen LogP) is 1.35. The number of carbonyl (C=O) groups is 2. The Morgan fingerprint density at radius 1 is 1.59 bits per heavy atom. The molecule has 0 bridgehead atoms. The lowest BCUT2D eigenvalue weighted by molar-refractivity contribution is -0.140. The zero-order chi connectivity index (χ0) is 12.8. The van der Waals surface area contributed by atoms with Gasteiger partial charge in [-0.3, -0.25) is 9.59 Å². The summed E-state index contributed by atoms with van der Waals surface area (Å²) in [5, 5.41) is 1.58. The number of hydrogen-bond donors (Lipinski definition) is 1. The zero-order valence-corrected chi connectivity index (χ0v) is 11.3. The quantitative estimate of drug-likeness (QED) is 0.671. The minimum atomic E-state index is -0.903. The third kappa shape index (κ3) is 4.32. The van der Waals surface area contributed by atoms with Crippen LogP contribution < -0.4 is 5.32 Å². The molecule has 1 heterocycles. The van der Waals surface area contributed by atoms with Gasteiger partial charge in [0.15, 0.2) is 0 Å². The van der Waals surface area contributed by atoms with Crippen molar-refractivity contribution in [3.05, 3.63) is 28.5 Å². The molecule has 0 fully saturated rings. The number of halogens is 2. The van der Waals surface area contributed by atoms with E-state index in [2.05, 4.69) is 31.0 Å². The Bertz CT molecular complexity index is 411. The van der Waals surface area contributed by atoms with Gasteiger partial charge in [0.1, 0.15) is 11.1 Å². The molecule has 7 heteroatoms. The molecule has 0 aliphatic heterocycles. The molecule has 1 atom stereocenters. The number of esters is 1. The molecular formula is C10H10BrClN2O3. The Morgan fingerprint density at radius 3 is 2.82 bits per heavy atom. The second-order valence-corrected chi connectivity index (χ2v) is 4.50. The molecule has 92 valence electrons. The van der Waals surface area contributed by atoms with E-state index in [0.29, 0.717) is 0 Å². The molecule has 0 aliphatic rings. The number of alkyl halides is 1. The molecule has 5 nitrogen and oxygen atoms in total. The predicted molar refractivity (Wildman–Crippen MR) is 65.9 cm³/mol. The maximum atomic E-state index is 11.6. The van der Waals surface area contributed by atoms with E-state index >= 15 is 0 Å².